The highest BCUT2D eigenvalue weighted by Crippen LogP contribution is 2.43. The minimum atomic E-state index is -1.70. The quantitative estimate of drug-likeness (QED) is 0.150. The van der Waals surface area contributed by atoms with Gasteiger partial charge in [-0.05, 0) is 35.4 Å². The molecule has 0 saturated carbocycles. The van der Waals surface area contributed by atoms with Crippen molar-refractivity contribution in [3.63, 3.8) is 0 Å². The summed E-state index contributed by atoms with van der Waals surface area (Å²) in [6.07, 6.45) is -7.35. The van der Waals surface area contributed by atoms with Gasteiger partial charge in [-0.15, -0.1) is 0 Å². The van der Waals surface area contributed by atoms with E-state index in [-0.39, 0.29) is 46.7 Å². The van der Waals surface area contributed by atoms with Gasteiger partial charge in [0.2, 0.25) is 11.5 Å². The van der Waals surface area contributed by atoms with Crippen LogP contribution in [0, 0.1) is 0 Å². The number of phenols is 1. The third kappa shape index (κ3) is 7.35. The molecule has 1 saturated heterocycles. The summed E-state index contributed by atoms with van der Waals surface area (Å²) in [5, 5.41) is 71.2. The number of rotatable bonds is 14. The molecule has 3 rings (SSSR count). The molecule has 2 aromatic carbocycles. The predicted octanol–water partition coefficient (Wildman–Crippen LogP) is -0.270. The van der Waals surface area contributed by atoms with Gasteiger partial charge in [0.05, 0.1) is 48.3 Å². The van der Waals surface area contributed by atoms with Gasteiger partial charge < -0.3 is 68.9 Å². The SMILES string of the molecule is COc1cc([C@H](O)[C@@H](CO[C@@H]2O[C@H](CO)[C@@H](O)[C@H](O)[C@H]2O)Oc2c(OC)cc(C=CCO)cc2OC)cc(OC)c1O. The van der Waals surface area contributed by atoms with Crippen LogP contribution in [-0.2, 0) is 9.47 Å². The summed E-state index contributed by atoms with van der Waals surface area (Å²) in [5.74, 6) is 0.205. The Morgan fingerprint density at radius 2 is 1.40 bits per heavy atom. The third-order valence-corrected chi connectivity index (χ3v) is 6.64. The number of phenolic OH excluding ortho intramolecular Hbond substituents is 1. The molecule has 0 amide bonds. The van der Waals surface area contributed by atoms with Crippen LogP contribution in [0.1, 0.15) is 17.2 Å². The summed E-state index contributed by atoms with van der Waals surface area (Å²) in [6.45, 7) is -1.33. The van der Waals surface area contributed by atoms with Gasteiger partial charge in [-0.2, -0.15) is 0 Å². The molecule has 1 heterocycles. The van der Waals surface area contributed by atoms with Gasteiger partial charge in [0.25, 0.3) is 0 Å². The van der Waals surface area contributed by atoms with E-state index in [1.807, 2.05) is 0 Å². The van der Waals surface area contributed by atoms with Crippen LogP contribution in [0.4, 0.5) is 0 Å². The molecule has 1 fully saturated rings. The first-order valence-electron chi connectivity index (χ1n) is 12.9. The highest BCUT2D eigenvalue weighted by molar-refractivity contribution is 5.62. The average Bonchev–Trinajstić information content (AvgIpc) is 3.01. The molecule has 1 aliphatic heterocycles. The standard InChI is InChI=1S/C28H38O14/c1-36-16-10-15(11-17(37-2)23(16)32)22(31)21(13-40-28-26(35)25(34)24(33)20(12-30)42-28)41-27-18(38-3)8-14(6-5-7-29)9-19(27)39-4/h5-6,8-11,20-22,24-26,28-35H,7,12-13H2,1-4H3/t20-,21-,22+,24-,25+,26-,28-/m1/s1. The first-order valence-corrected chi connectivity index (χ1v) is 12.9. The number of ether oxygens (including phenoxy) is 7. The molecule has 0 aromatic heterocycles. The Labute approximate surface area is 242 Å². The molecule has 7 atom stereocenters. The first kappa shape index (κ1) is 33.2. The van der Waals surface area contributed by atoms with Crippen molar-refractivity contribution in [2.45, 2.75) is 42.9 Å². The second-order valence-electron chi connectivity index (χ2n) is 9.25. The van der Waals surface area contributed by atoms with E-state index < -0.39 is 56.1 Å². The van der Waals surface area contributed by atoms with E-state index in [0.717, 1.165) is 0 Å². The van der Waals surface area contributed by atoms with E-state index in [2.05, 4.69) is 0 Å². The molecule has 2 aromatic rings. The van der Waals surface area contributed by atoms with Gasteiger partial charge in [0, 0.05) is 0 Å². The average molecular weight is 599 g/mol. The molecule has 7 N–H and O–H groups in total. The van der Waals surface area contributed by atoms with Crippen LogP contribution in [0.25, 0.3) is 6.08 Å². The molecular formula is C28H38O14. The molecule has 0 bridgehead atoms. The van der Waals surface area contributed by atoms with Crippen molar-refractivity contribution in [3.05, 3.63) is 41.5 Å². The van der Waals surface area contributed by atoms with Crippen LogP contribution < -0.4 is 23.7 Å². The Balaban J connectivity index is 2.02. The summed E-state index contributed by atoms with van der Waals surface area (Å²) in [5.41, 5.74) is 0.803. The Morgan fingerprint density at radius 3 is 1.90 bits per heavy atom. The lowest BCUT2D eigenvalue weighted by atomic mass is 9.99. The highest BCUT2D eigenvalue weighted by Gasteiger charge is 2.44. The minimum absolute atomic E-state index is 0.00665. The molecule has 1 aliphatic rings. The molecule has 0 unspecified atom stereocenters. The van der Waals surface area contributed by atoms with Crippen molar-refractivity contribution < 1.29 is 68.9 Å². The molecule has 0 aliphatic carbocycles. The third-order valence-electron chi connectivity index (χ3n) is 6.64. The second kappa shape index (κ2) is 15.2. The summed E-state index contributed by atoms with van der Waals surface area (Å²) < 4.78 is 38.7. The second-order valence-corrected chi connectivity index (χ2v) is 9.25. The summed E-state index contributed by atoms with van der Waals surface area (Å²) in [4.78, 5) is 0. The minimum Gasteiger partial charge on any atom is -0.502 e. The van der Waals surface area contributed by atoms with E-state index in [9.17, 15) is 30.6 Å². The zero-order valence-corrected chi connectivity index (χ0v) is 23.6. The monoisotopic (exact) mass is 598 g/mol. The molecular weight excluding hydrogens is 560 g/mol. The smallest absolute Gasteiger partial charge is 0.204 e. The largest absolute Gasteiger partial charge is 0.502 e. The van der Waals surface area contributed by atoms with Crippen molar-refractivity contribution in [1.29, 1.82) is 0 Å². The van der Waals surface area contributed by atoms with E-state index in [1.165, 1.54) is 46.6 Å². The lowest BCUT2D eigenvalue weighted by molar-refractivity contribution is -0.305. The van der Waals surface area contributed by atoms with E-state index in [1.54, 1.807) is 18.2 Å². The lowest BCUT2D eigenvalue weighted by Gasteiger charge is -2.40. The van der Waals surface area contributed by atoms with Crippen molar-refractivity contribution in [3.8, 4) is 34.5 Å². The summed E-state index contributed by atoms with van der Waals surface area (Å²) in [6, 6.07) is 5.95. The molecule has 42 heavy (non-hydrogen) atoms. The lowest BCUT2D eigenvalue weighted by Crippen LogP contribution is -2.59. The number of aliphatic hydroxyl groups is 6. The van der Waals surface area contributed by atoms with E-state index in [4.69, 9.17) is 38.3 Å². The van der Waals surface area contributed by atoms with Crippen molar-refractivity contribution >= 4 is 6.08 Å². The van der Waals surface area contributed by atoms with Gasteiger partial charge >= 0.3 is 0 Å². The summed E-state index contributed by atoms with van der Waals surface area (Å²) >= 11 is 0. The van der Waals surface area contributed by atoms with Crippen molar-refractivity contribution in [2.24, 2.45) is 0 Å². The van der Waals surface area contributed by atoms with Crippen LogP contribution in [0.3, 0.4) is 0 Å². The Kier molecular flexibility index (Phi) is 12.0. The zero-order valence-electron chi connectivity index (χ0n) is 23.6. The number of aromatic hydroxyl groups is 1. The molecule has 0 radical (unpaired) electrons. The normalized spacial score (nSPS) is 23.8. The van der Waals surface area contributed by atoms with Crippen LogP contribution >= 0.6 is 0 Å². The summed E-state index contributed by atoms with van der Waals surface area (Å²) in [7, 11) is 5.44. The number of hydrogen-bond acceptors (Lipinski definition) is 14. The number of hydrogen-bond donors (Lipinski definition) is 7. The van der Waals surface area contributed by atoms with Gasteiger partial charge in [-0.25, -0.2) is 0 Å². The van der Waals surface area contributed by atoms with Crippen molar-refractivity contribution in [1.82, 2.24) is 0 Å². The van der Waals surface area contributed by atoms with Gasteiger partial charge in [-0.1, -0.05) is 12.2 Å². The van der Waals surface area contributed by atoms with Crippen LogP contribution in [0.2, 0.25) is 0 Å². The van der Waals surface area contributed by atoms with Crippen LogP contribution in [0.5, 0.6) is 34.5 Å². The maximum atomic E-state index is 11.5. The van der Waals surface area contributed by atoms with Crippen LogP contribution in [0.15, 0.2) is 30.3 Å². The fraction of sp³-hybridized carbons (Fsp3) is 0.500. The Bertz CT molecular complexity index is 1140. The zero-order chi connectivity index (χ0) is 31.0. The molecule has 14 nitrogen and oxygen atoms in total. The number of methoxy groups -OCH3 is 4. The molecule has 0 spiro atoms. The fourth-order valence-electron chi connectivity index (χ4n) is 4.34. The number of benzene rings is 2. The van der Waals surface area contributed by atoms with E-state index in [0.29, 0.717) is 5.56 Å². The van der Waals surface area contributed by atoms with Gasteiger partial charge in [-0.3, -0.25) is 0 Å². The number of aliphatic hydroxyl groups excluding tert-OH is 6. The topological polar surface area (TPSA) is 206 Å². The Hall–Kier alpha value is -3.34. The van der Waals surface area contributed by atoms with Crippen LogP contribution in [-0.4, -0.2) is 121 Å². The first-order chi connectivity index (χ1) is 20.1. The highest BCUT2D eigenvalue weighted by atomic mass is 16.7. The Morgan fingerprint density at radius 1 is 0.833 bits per heavy atom. The fourth-order valence-corrected chi connectivity index (χ4v) is 4.34. The maximum absolute atomic E-state index is 11.5. The van der Waals surface area contributed by atoms with Gasteiger partial charge in [0.1, 0.15) is 30.5 Å². The predicted molar refractivity (Wildman–Crippen MR) is 146 cm³/mol. The molecule has 234 valence electrons. The van der Waals surface area contributed by atoms with Gasteiger partial charge in [0.15, 0.2) is 35.4 Å². The maximum Gasteiger partial charge on any atom is 0.204 e. The molecule has 14 heteroatoms. The van der Waals surface area contributed by atoms with Crippen molar-refractivity contribution in [2.75, 3.05) is 48.3 Å². The van der Waals surface area contributed by atoms with E-state index >= 15 is 0 Å².